The van der Waals surface area contributed by atoms with Gasteiger partial charge in [0.1, 0.15) is 0 Å². The average Bonchev–Trinajstić information content (AvgIpc) is 2.09. The lowest BCUT2D eigenvalue weighted by Crippen LogP contribution is -2.02. The minimum absolute atomic E-state index is 0.654. The first-order chi connectivity index (χ1) is 6.27. The number of hydrogen-bond acceptors (Lipinski definition) is 1. The van der Waals surface area contributed by atoms with E-state index in [0.717, 1.165) is 19.6 Å². The summed E-state index contributed by atoms with van der Waals surface area (Å²) in [7, 11) is 0. The van der Waals surface area contributed by atoms with Crippen molar-refractivity contribution < 1.29 is 4.74 Å². The zero-order valence-corrected chi connectivity index (χ0v) is 9.01. The van der Waals surface area contributed by atoms with Crippen LogP contribution >= 0.6 is 0 Å². The van der Waals surface area contributed by atoms with Crippen molar-refractivity contribution in [2.75, 3.05) is 13.2 Å². The van der Waals surface area contributed by atoms with Crippen LogP contribution in [0.2, 0.25) is 0 Å². The van der Waals surface area contributed by atoms with Crippen molar-refractivity contribution >= 4 is 0 Å². The Labute approximate surface area is 82.9 Å². The van der Waals surface area contributed by atoms with Crippen molar-refractivity contribution in [2.45, 2.75) is 46.0 Å². The Bertz CT molecular complexity index is 133. The maximum atomic E-state index is 5.46. The minimum Gasteiger partial charge on any atom is -0.381 e. The zero-order chi connectivity index (χ0) is 9.94. The zero-order valence-electron chi connectivity index (χ0n) is 9.01. The van der Waals surface area contributed by atoms with Crippen LogP contribution < -0.4 is 0 Å². The summed E-state index contributed by atoms with van der Waals surface area (Å²) in [6, 6.07) is 0. The van der Waals surface area contributed by atoms with E-state index >= 15 is 0 Å². The first kappa shape index (κ1) is 12.5. The number of rotatable bonds is 8. The van der Waals surface area contributed by atoms with Crippen LogP contribution in [0.4, 0.5) is 0 Å². The molecule has 0 spiro atoms. The second-order valence-electron chi connectivity index (χ2n) is 3.84. The molecule has 0 amide bonds. The highest BCUT2D eigenvalue weighted by molar-refractivity contribution is 4.82. The van der Waals surface area contributed by atoms with Gasteiger partial charge in [-0.25, -0.2) is 0 Å². The summed E-state index contributed by atoms with van der Waals surface area (Å²) < 4.78 is 5.46. The van der Waals surface area contributed by atoms with Gasteiger partial charge in [0.15, 0.2) is 0 Å². The molecule has 0 aliphatic rings. The molecule has 0 unspecified atom stereocenters. The van der Waals surface area contributed by atoms with E-state index in [1.165, 1.54) is 25.7 Å². The van der Waals surface area contributed by atoms with Gasteiger partial charge in [-0.3, -0.25) is 0 Å². The molecule has 0 aromatic rings. The highest BCUT2D eigenvalue weighted by atomic mass is 16.5. The molecule has 0 rings (SSSR count). The van der Waals surface area contributed by atoms with Crippen LogP contribution in [0.25, 0.3) is 0 Å². The van der Waals surface area contributed by atoms with Gasteiger partial charge in [-0.1, -0.05) is 26.7 Å². The number of terminal acetylenes is 1. The van der Waals surface area contributed by atoms with Crippen LogP contribution in [-0.4, -0.2) is 13.2 Å². The molecule has 0 aromatic heterocycles. The second kappa shape index (κ2) is 9.61. The van der Waals surface area contributed by atoms with Gasteiger partial charge in [0.05, 0.1) is 0 Å². The predicted molar refractivity (Wildman–Crippen MR) is 57.6 cm³/mol. The van der Waals surface area contributed by atoms with Crippen LogP contribution in [0.5, 0.6) is 0 Å². The summed E-state index contributed by atoms with van der Waals surface area (Å²) in [6.07, 6.45) is 10.9. The van der Waals surface area contributed by atoms with Gasteiger partial charge in [-0.15, -0.1) is 12.3 Å². The van der Waals surface area contributed by atoms with Crippen molar-refractivity contribution in [3.63, 3.8) is 0 Å². The van der Waals surface area contributed by atoms with Crippen LogP contribution in [-0.2, 0) is 4.74 Å². The number of unbranched alkanes of at least 4 members (excludes halogenated alkanes) is 4. The van der Waals surface area contributed by atoms with Crippen LogP contribution in [0.1, 0.15) is 46.0 Å². The average molecular weight is 182 g/mol. The molecular weight excluding hydrogens is 160 g/mol. The Hall–Kier alpha value is -0.480. The van der Waals surface area contributed by atoms with E-state index in [-0.39, 0.29) is 0 Å². The molecule has 0 fully saturated rings. The van der Waals surface area contributed by atoms with Crippen molar-refractivity contribution in [3.05, 3.63) is 0 Å². The summed E-state index contributed by atoms with van der Waals surface area (Å²) >= 11 is 0. The van der Waals surface area contributed by atoms with Gasteiger partial charge < -0.3 is 4.74 Å². The van der Waals surface area contributed by atoms with Crippen molar-refractivity contribution in [3.8, 4) is 12.3 Å². The molecular formula is C12H22O. The normalized spacial score (nSPS) is 10.3. The first-order valence-corrected chi connectivity index (χ1v) is 5.28. The summed E-state index contributed by atoms with van der Waals surface area (Å²) in [5, 5.41) is 0. The van der Waals surface area contributed by atoms with E-state index in [0.29, 0.717) is 5.92 Å². The molecule has 0 atom stereocenters. The molecule has 0 aliphatic carbocycles. The van der Waals surface area contributed by atoms with E-state index in [2.05, 4.69) is 19.8 Å². The monoisotopic (exact) mass is 182 g/mol. The lowest BCUT2D eigenvalue weighted by atomic mass is 10.1. The summed E-state index contributed by atoms with van der Waals surface area (Å²) in [5.74, 6) is 3.31. The minimum atomic E-state index is 0.654. The Morgan fingerprint density at radius 3 is 2.46 bits per heavy atom. The van der Waals surface area contributed by atoms with Crippen molar-refractivity contribution in [1.29, 1.82) is 0 Å². The van der Waals surface area contributed by atoms with E-state index in [9.17, 15) is 0 Å². The van der Waals surface area contributed by atoms with Gasteiger partial charge >= 0.3 is 0 Å². The van der Waals surface area contributed by atoms with Crippen LogP contribution in [0.15, 0.2) is 0 Å². The quantitative estimate of drug-likeness (QED) is 0.413. The molecule has 1 heteroatoms. The Morgan fingerprint density at radius 1 is 1.15 bits per heavy atom. The van der Waals surface area contributed by atoms with E-state index in [4.69, 9.17) is 11.2 Å². The Kier molecular flexibility index (Phi) is 9.25. The molecule has 0 radical (unpaired) electrons. The lowest BCUT2D eigenvalue weighted by Gasteiger charge is -2.05. The summed E-state index contributed by atoms with van der Waals surface area (Å²) in [5.41, 5.74) is 0. The van der Waals surface area contributed by atoms with Crippen molar-refractivity contribution in [2.24, 2.45) is 5.92 Å². The van der Waals surface area contributed by atoms with E-state index in [1.54, 1.807) is 0 Å². The molecule has 0 aromatic carbocycles. The fraction of sp³-hybridized carbons (Fsp3) is 0.833. The Balaban J connectivity index is 2.88. The standard InChI is InChI=1S/C12H22O/c1-4-5-6-7-8-9-10-13-11-12(2)3/h1,12H,5-11H2,2-3H3. The smallest absolute Gasteiger partial charge is 0.0488 e. The third-order valence-corrected chi connectivity index (χ3v) is 1.81. The summed E-state index contributed by atoms with van der Waals surface area (Å²) in [4.78, 5) is 0. The van der Waals surface area contributed by atoms with Crippen LogP contribution in [0, 0.1) is 18.3 Å². The van der Waals surface area contributed by atoms with Gasteiger partial charge in [-0.05, 0) is 18.8 Å². The molecule has 0 N–H and O–H groups in total. The summed E-state index contributed by atoms with van der Waals surface area (Å²) in [6.45, 7) is 6.15. The third-order valence-electron chi connectivity index (χ3n) is 1.81. The molecule has 13 heavy (non-hydrogen) atoms. The third kappa shape index (κ3) is 11.5. The van der Waals surface area contributed by atoms with E-state index in [1.807, 2.05) is 0 Å². The molecule has 0 saturated carbocycles. The maximum Gasteiger partial charge on any atom is 0.0488 e. The highest BCUT2D eigenvalue weighted by Gasteiger charge is 1.93. The molecule has 0 heterocycles. The molecule has 76 valence electrons. The molecule has 0 saturated heterocycles. The van der Waals surface area contributed by atoms with Crippen molar-refractivity contribution in [1.82, 2.24) is 0 Å². The SMILES string of the molecule is C#CCCCCCCOCC(C)C. The molecule has 0 bridgehead atoms. The maximum absolute atomic E-state index is 5.46. The largest absolute Gasteiger partial charge is 0.381 e. The lowest BCUT2D eigenvalue weighted by molar-refractivity contribution is 0.106. The van der Waals surface area contributed by atoms with Crippen LogP contribution in [0.3, 0.4) is 0 Å². The fourth-order valence-corrected chi connectivity index (χ4v) is 1.10. The Morgan fingerprint density at radius 2 is 1.85 bits per heavy atom. The van der Waals surface area contributed by atoms with Gasteiger partial charge in [0, 0.05) is 19.6 Å². The molecule has 1 nitrogen and oxygen atoms in total. The second-order valence-corrected chi connectivity index (χ2v) is 3.84. The topological polar surface area (TPSA) is 9.23 Å². The van der Waals surface area contributed by atoms with Gasteiger partial charge in [0.25, 0.3) is 0 Å². The number of hydrogen-bond donors (Lipinski definition) is 0. The predicted octanol–water partition coefficient (Wildman–Crippen LogP) is 3.24. The van der Waals surface area contributed by atoms with Gasteiger partial charge in [-0.2, -0.15) is 0 Å². The molecule has 0 aliphatic heterocycles. The number of ether oxygens (including phenoxy) is 1. The highest BCUT2D eigenvalue weighted by Crippen LogP contribution is 2.03. The first-order valence-electron chi connectivity index (χ1n) is 5.28. The fourth-order valence-electron chi connectivity index (χ4n) is 1.10. The van der Waals surface area contributed by atoms with E-state index < -0.39 is 0 Å². The van der Waals surface area contributed by atoms with Gasteiger partial charge in [0.2, 0.25) is 0 Å².